The van der Waals surface area contributed by atoms with E-state index in [0.29, 0.717) is 5.69 Å². The molecular weight excluding hydrogens is 342 g/mol. The minimum atomic E-state index is -0.416. The molecule has 0 saturated heterocycles. The molecule has 1 aliphatic rings. The zero-order valence-corrected chi connectivity index (χ0v) is 15.5. The molecule has 0 aliphatic heterocycles. The fourth-order valence-electron chi connectivity index (χ4n) is 3.15. The van der Waals surface area contributed by atoms with E-state index in [1.54, 1.807) is 0 Å². The molecule has 3 rings (SSSR count). The molecule has 6 nitrogen and oxygen atoms in total. The molecule has 0 atom stereocenters. The second-order valence-corrected chi connectivity index (χ2v) is 6.70. The summed E-state index contributed by atoms with van der Waals surface area (Å²) in [6.07, 6.45) is 4.33. The average molecular weight is 365 g/mol. The van der Waals surface area contributed by atoms with Crippen molar-refractivity contribution in [2.75, 3.05) is 17.2 Å². The number of carbonyl (C=O) groups is 2. The minimum Gasteiger partial charge on any atom is -0.385 e. The van der Waals surface area contributed by atoms with E-state index in [4.69, 9.17) is 4.84 Å². The Balaban J connectivity index is 1.43. The second-order valence-electron chi connectivity index (χ2n) is 6.70. The Kier molecular flexibility index (Phi) is 5.86. The van der Waals surface area contributed by atoms with Crippen molar-refractivity contribution in [3.05, 3.63) is 58.7 Å². The standard InChI is InChI=1S/C21H23N3O3/c1-14-6-9-19(15(2)10-14)24-20(25)12-22-27-13-21(26)23-18-8-7-16-4-3-5-17(16)11-18/h6-12H,3-5,13H2,1-2H3,(H,23,26)(H,24,25)/b22-12-. The van der Waals surface area contributed by atoms with Gasteiger partial charge in [0.1, 0.15) is 6.21 Å². The number of rotatable bonds is 6. The summed E-state index contributed by atoms with van der Waals surface area (Å²) in [6, 6.07) is 11.7. The molecule has 0 heterocycles. The molecule has 2 aromatic rings. The molecule has 27 heavy (non-hydrogen) atoms. The first kappa shape index (κ1) is 18.6. The summed E-state index contributed by atoms with van der Waals surface area (Å²) in [5.41, 5.74) is 6.19. The van der Waals surface area contributed by atoms with Gasteiger partial charge >= 0.3 is 0 Å². The quantitative estimate of drug-likeness (QED) is 0.608. The van der Waals surface area contributed by atoms with Crippen LogP contribution in [0.5, 0.6) is 0 Å². The molecule has 2 N–H and O–H groups in total. The molecule has 1 aliphatic carbocycles. The number of amides is 2. The molecule has 2 aromatic carbocycles. The van der Waals surface area contributed by atoms with E-state index < -0.39 is 5.91 Å². The van der Waals surface area contributed by atoms with Crippen LogP contribution in [0.2, 0.25) is 0 Å². The van der Waals surface area contributed by atoms with Crippen LogP contribution in [0.15, 0.2) is 41.6 Å². The van der Waals surface area contributed by atoms with E-state index in [1.165, 1.54) is 11.1 Å². The lowest BCUT2D eigenvalue weighted by molar-refractivity contribution is -0.120. The molecule has 0 bridgehead atoms. The maximum Gasteiger partial charge on any atom is 0.270 e. The number of fused-ring (bicyclic) bond motifs is 1. The summed E-state index contributed by atoms with van der Waals surface area (Å²) >= 11 is 0. The number of hydrogen-bond donors (Lipinski definition) is 2. The number of aryl methyl sites for hydroxylation is 4. The maximum atomic E-state index is 11.9. The average Bonchev–Trinajstić information content (AvgIpc) is 3.09. The first-order valence-electron chi connectivity index (χ1n) is 8.96. The predicted molar refractivity (Wildman–Crippen MR) is 106 cm³/mol. The zero-order chi connectivity index (χ0) is 19.2. The first-order valence-corrected chi connectivity index (χ1v) is 8.96. The van der Waals surface area contributed by atoms with Crippen molar-refractivity contribution in [2.24, 2.45) is 5.16 Å². The molecule has 2 amide bonds. The van der Waals surface area contributed by atoms with Crippen molar-refractivity contribution in [1.82, 2.24) is 0 Å². The van der Waals surface area contributed by atoms with E-state index >= 15 is 0 Å². The van der Waals surface area contributed by atoms with Gasteiger partial charge in [-0.05, 0) is 68.0 Å². The Morgan fingerprint density at radius 1 is 1.07 bits per heavy atom. The normalized spacial score (nSPS) is 12.7. The number of nitrogens with one attached hydrogen (secondary N) is 2. The summed E-state index contributed by atoms with van der Waals surface area (Å²) in [5.74, 6) is -0.735. The molecule has 0 unspecified atom stereocenters. The second kappa shape index (κ2) is 8.49. The lowest BCUT2D eigenvalue weighted by atomic mass is 10.1. The first-order chi connectivity index (χ1) is 13.0. The third-order valence-electron chi connectivity index (χ3n) is 4.46. The van der Waals surface area contributed by atoms with Gasteiger partial charge in [-0.15, -0.1) is 0 Å². The van der Waals surface area contributed by atoms with Crippen LogP contribution < -0.4 is 10.6 Å². The zero-order valence-electron chi connectivity index (χ0n) is 15.5. The van der Waals surface area contributed by atoms with Gasteiger partial charge < -0.3 is 15.5 Å². The van der Waals surface area contributed by atoms with E-state index in [-0.39, 0.29) is 12.5 Å². The maximum absolute atomic E-state index is 11.9. The summed E-state index contributed by atoms with van der Waals surface area (Å²) in [4.78, 5) is 28.7. The lowest BCUT2D eigenvalue weighted by Crippen LogP contribution is -2.18. The van der Waals surface area contributed by atoms with Gasteiger partial charge in [0.15, 0.2) is 6.61 Å². The van der Waals surface area contributed by atoms with Crippen LogP contribution in [-0.4, -0.2) is 24.6 Å². The van der Waals surface area contributed by atoms with E-state index in [2.05, 4.69) is 15.8 Å². The Bertz CT molecular complexity index is 890. The number of anilines is 2. The van der Waals surface area contributed by atoms with Crippen LogP contribution in [0.4, 0.5) is 11.4 Å². The fourth-order valence-corrected chi connectivity index (χ4v) is 3.15. The fraction of sp³-hybridized carbons (Fsp3) is 0.286. The number of oxime groups is 1. The van der Waals surface area contributed by atoms with Gasteiger partial charge in [0.2, 0.25) is 0 Å². The number of benzene rings is 2. The largest absolute Gasteiger partial charge is 0.385 e. The summed E-state index contributed by atoms with van der Waals surface area (Å²) in [5, 5.41) is 9.05. The summed E-state index contributed by atoms with van der Waals surface area (Å²) in [7, 11) is 0. The monoisotopic (exact) mass is 365 g/mol. The van der Waals surface area contributed by atoms with Gasteiger partial charge in [-0.2, -0.15) is 0 Å². The van der Waals surface area contributed by atoms with Crippen LogP contribution in [0.25, 0.3) is 0 Å². The highest BCUT2D eigenvalue weighted by atomic mass is 16.6. The summed E-state index contributed by atoms with van der Waals surface area (Å²) in [6.45, 7) is 3.64. The highest BCUT2D eigenvalue weighted by Crippen LogP contribution is 2.24. The Morgan fingerprint density at radius 3 is 2.70 bits per heavy atom. The van der Waals surface area contributed by atoms with Crippen molar-refractivity contribution in [2.45, 2.75) is 33.1 Å². The van der Waals surface area contributed by atoms with Crippen molar-refractivity contribution in [1.29, 1.82) is 0 Å². The number of carbonyl (C=O) groups excluding carboxylic acids is 2. The summed E-state index contributed by atoms with van der Waals surface area (Å²) < 4.78 is 0. The molecule has 0 saturated carbocycles. The van der Waals surface area contributed by atoms with E-state index in [9.17, 15) is 9.59 Å². The van der Waals surface area contributed by atoms with Crippen LogP contribution in [0, 0.1) is 13.8 Å². The third kappa shape index (κ3) is 5.17. The van der Waals surface area contributed by atoms with Gasteiger partial charge in [-0.1, -0.05) is 28.9 Å². The number of hydrogen-bond acceptors (Lipinski definition) is 4. The SMILES string of the molecule is Cc1ccc(NC(=O)/C=N\OCC(=O)Nc2ccc3c(c2)CCC3)c(C)c1. The molecule has 140 valence electrons. The number of nitrogens with zero attached hydrogens (tertiary/aromatic N) is 1. The van der Waals surface area contributed by atoms with Gasteiger partial charge in [0.05, 0.1) is 0 Å². The highest BCUT2D eigenvalue weighted by Gasteiger charge is 2.12. The smallest absolute Gasteiger partial charge is 0.270 e. The highest BCUT2D eigenvalue weighted by molar-refractivity contribution is 6.31. The Morgan fingerprint density at radius 2 is 1.89 bits per heavy atom. The lowest BCUT2D eigenvalue weighted by Gasteiger charge is -2.07. The van der Waals surface area contributed by atoms with Crippen LogP contribution in [0.3, 0.4) is 0 Å². The molecule has 0 spiro atoms. The van der Waals surface area contributed by atoms with Gasteiger partial charge in [-0.3, -0.25) is 9.59 Å². The van der Waals surface area contributed by atoms with E-state index in [1.807, 2.05) is 50.2 Å². The van der Waals surface area contributed by atoms with Crippen LogP contribution >= 0.6 is 0 Å². The predicted octanol–water partition coefficient (Wildman–Crippen LogP) is 3.37. The van der Waals surface area contributed by atoms with Crippen molar-refractivity contribution in [3.8, 4) is 0 Å². The van der Waals surface area contributed by atoms with E-state index in [0.717, 1.165) is 42.3 Å². The van der Waals surface area contributed by atoms with Crippen molar-refractivity contribution < 1.29 is 14.4 Å². The molecule has 0 aromatic heterocycles. The van der Waals surface area contributed by atoms with Gasteiger partial charge in [-0.25, -0.2) is 0 Å². The third-order valence-corrected chi connectivity index (χ3v) is 4.46. The molecule has 0 radical (unpaired) electrons. The van der Waals surface area contributed by atoms with Gasteiger partial charge in [0.25, 0.3) is 11.8 Å². The molecule has 0 fully saturated rings. The molecule has 6 heteroatoms. The van der Waals surface area contributed by atoms with Crippen LogP contribution in [-0.2, 0) is 27.3 Å². The Labute approximate surface area is 158 Å². The minimum absolute atomic E-state index is 0.259. The van der Waals surface area contributed by atoms with Gasteiger partial charge in [0, 0.05) is 11.4 Å². The topological polar surface area (TPSA) is 79.8 Å². The van der Waals surface area contributed by atoms with Crippen molar-refractivity contribution in [3.63, 3.8) is 0 Å². The van der Waals surface area contributed by atoms with Crippen molar-refractivity contribution >= 4 is 29.4 Å². The van der Waals surface area contributed by atoms with Crippen LogP contribution in [0.1, 0.15) is 28.7 Å². The Hall–Kier alpha value is -3.15. The molecular formula is C21H23N3O3.